The van der Waals surface area contributed by atoms with Crippen LogP contribution < -0.4 is 20.3 Å². The molecule has 0 spiro atoms. The van der Waals surface area contributed by atoms with Crippen LogP contribution in [0.25, 0.3) is 0 Å². The van der Waals surface area contributed by atoms with E-state index in [9.17, 15) is 14.4 Å². The van der Waals surface area contributed by atoms with Crippen molar-refractivity contribution in [1.82, 2.24) is 5.32 Å². The van der Waals surface area contributed by atoms with Crippen LogP contribution in [0.3, 0.4) is 0 Å². The lowest BCUT2D eigenvalue weighted by atomic mass is 10.1. The molecule has 2 N–H and O–H groups in total. The third-order valence-corrected chi connectivity index (χ3v) is 5.04. The number of anilines is 2. The number of carbonyl (C=O) groups is 3. The summed E-state index contributed by atoms with van der Waals surface area (Å²) >= 11 is 0. The highest BCUT2D eigenvalue weighted by Gasteiger charge is 2.15. The maximum absolute atomic E-state index is 12.1. The molecule has 2 aromatic carbocycles. The lowest BCUT2D eigenvalue weighted by Crippen LogP contribution is -2.32. The van der Waals surface area contributed by atoms with Crippen LogP contribution >= 0.6 is 0 Å². The van der Waals surface area contributed by atoms with E-state index >= 15 is 0 Å². The molecule has 0 aliphatic carbocycles. The van der Waals surface area contributed by atoms with Crippen molar-refractivity contribution in [2.45, 2.75) is 19.8 Å². The van der Waals surface area contributed by atoms with E-state index in [2.05, 4.69) is 15.5 Å². The molecule has 1 saturated heterocycles. The Morgan fingerprint density at radius 2 is 1.84 bits per heavy atom. The van der Waals surface area contributed by atoms with Crippen LogP contribution in [0.1, 0.15) is 28.8 Å². The first kappa shape index (κ1) is 22.1. The Morgan fingerprint density at radius 1 is 1.06 bits per heavy atom. The summed E-state index contributed by atoms with van der Waals surface area (Å²) < 4.78 is 10.0. The molecule has 2 aromatic rings. The van der Waals surface area contributed by atoms with Crippen LogP contribution in [-0.2, 0) is 14.3 Å². The minimum atomic E-state index is -0.701. The van der Waals surface area contributed by atoms with Crippen LogP contribution in [0.2, 0.25) is 0 Å². The van der Waals surface area contributed by atoms with Crippen molar-refractivity contribution in [2.24, 2.45) is 0 Å². The summed E-state index contributed by atoms with van der Waals surface area (Å²) in [7, 11) is 1.50. The van der Waals surface area contributed by atoms with Crippen molar-refractivity contribution >= 4 is 29.2 Å². The summed E-state index contributed by atoms with van der Waals surface area (Å²) in [5.41, 5.74) is 3.12. The predicted octanol–water partition coefficient (Wildman–Crippen LogP) is 2.52. The minimum absolute atomic E-state index is 0.340. The molecular formula is C23H27N3O5. The number of amides is 2. The number of hydrogen-bond donors (Lipinski definition) is 2. The van der Waals surface area contributed by atoms with Crippen molar-refractivity contribution in [1.29, 1.82) is 0 Å². The molecule has 1 aliphatic rings. The summed E-state index contributed by atoms with van der Waals surface area (Å²) in [4.78, 5) is 38.4. The fraction of sp³-hybridized carbons (Fsp3) is 0.348. The molecule has 1 aliphatic heterocycles. The second-order valence-corrected chi connectivity index (χ2v) is 7.32. The first-order valence-corrected chi connectivity index (χ1v) is 10.2. The lowest BCUT2D eigenvalue weighted by Gasteiger charge is -2.19. The Labute approximate surface area is 181 Å². The SMILES string of the molecule is COc1cccc(C(=O)NCC(=O)OCC(=O)Nc2ccc(N3CCCC3)cc2C)c1. The van der Waals surface area contributed by atoms with Crippen molar-refractivity contribution in [3.8, 4) is 5.75 Å². The second kappa shape index (κ2) is 10.5. The summed E-state index contributed by atoms with van der Waals surface area (Å²) in [6, 6.07) is 12.4. The molecule has 0 atom stereocenters. The number of nitrogens with zero attached hydrogens (tertiary/aromatic N) is 1. The van der Waals surface area contributed by atoms with Gasteiger partial charge in [0.15, 0.2) is 6.61 Å². The topological polar surface area (TPSA) is 97.0 Å². The van der Waals surface area contributed by atoms with Gasteiger partial charge in [-0.05, 0) is 61.7 Å². The van der Waals surface area contributed by atoms with E-state index in [1.54, 1.807) is 24.3 Å². The molecule has 31 heavy (non-hydrogen) atoms. The molecule has 1 heterocycles. The number of benzene rings is 2. The molecule has 2 amide bonds. The zero-order valence-electron chi connectivity index (χ0n) is 17.8. The van der Waals surface area contributed by atoms with Gasteiger partial charge in [-0.15, -0.1) is 0 Å². The van der Waals surface area contributed by atoms with E-state index in [0.29, 0.717) is 17.0 Å². The van der Waals surface area contributed by atoms with E-state index in [-0.39, 0.29) is 6.54 Å². The molecule has 0 saturated carbocycles. The molecule has 0 unspecified atom stereocenters. The molecule has 0 bridgehead atoms. The number of methoxy groups -OCH3 is 1. The van der Waals surface area contributed by atoms with Gasteiger partial charge in [-0.1, -0.05) is 6.07 Å². The van der Waals surface area contributed by atoms with E-state index in [1.807, 2.05) is 25.1 Å². The van der Waals surface area contributed by atoms with Crippen LogP contribution in [0, 0.1) is 6.92 Å². The Bertz CT molecular complexity index is 954. The maximum atomic E-state index is 12.1. The molecule has 8 nitrogen and oxygen atoms in total. The molecule has 164 valence electrons. The fourth-order valence-corrected chi connectivity index (χ4v) is 3.36. The summed E-state index contributed by atoms with van der Waals surface area (Å²) in [5, 5.41) is 5.21. The molecule has 3 rings (SSSR count). The highest BCUT2D eigenvalue weighted by atomic mass is 16.5. The normalized spacial score (nSPS) is 12.9. The van der Waals surface area contributed by atoms with Gasteiger partial charge in [0.1, 0.15) is 12.3 Å². The quantitative estimate of drug-likeness (QED) is 0.631. The largest absolute Gasteiger partial charge is 0.497 e. The van der Waals surface area contributed by atoms with Gasteiger partial charge in [0.25, 0.3) is 11.8 Å². The van der Waals surface area contributed by atoms with Crippen LogP contribution in [0.5, 0.6) is 5.75 Å². The van der Waals surface area contributed by atoms with Crippen molar-refractivity contribution in [3.63, 3.8) is 0 Å². The average molecular weight is 425 g/mol. The number of rotatable bonds is 8. The summed E-state index contributed by atoms with van der Waals surface area (Å²) in [6.45, 7) is 3.26. The van der Waals surface area contributed by atoms with E-state index < -0.39 is 24.4 Å². The smallest absolute Gasteiger partial charge is 0.325 e. The lowest BCUT2D eigenvalue weighted by molar-refractivity contribution is -0.146. The van der Waals surface area contributed by atoms with Crippen molar-refractivity contribution < 1.29 is 23.9 Å². The van der Waals surface area contributed by atoms with E-state index in [4.69, 9.17) is 9.47 Å². The Morgan fingerprint density at radius 3 is 2.55 bits per heavy atom. The number of hydrogen-bond acceptors (Lipinski definition) is 6. The van der Waals surface area contributed by atoms with Gasteiger partial charge in [-0.3, -0.25) is 14.4 Å². The standard InChI is InChI=1S/C23H27N3O5/c1-16-12-18(26-10-3-4-11-26)8-9-20(16)25-21(27)15-31-22(28)14-24-23(29)17-6-5-7-19(13-17)30-2/h5-9,12-13H,3-4,10-11,14-15H2,1-2H3,(H,24,29)(H,25,27). The van der Waals surface area contributed by atoms with E-state index in [0.717, 1.165) is 24.3 Å². The highest BCUT2D eigenvalue weighted by molar-refractivity contribution is 5.97. The third kappa shape index (κ3) is 6.21. The van der Waals surface area contributed by atoms with E-state index in [1.165, 1.54) is 20.0 Å². The fourth-order valence-electron chi connectivity index (χ4n) is 3.36. The maximum Gasteiger partial charge on any atom is 0.325 e. The number of ether oxygens (including phenoxy) is 2. The monoisotopic (exact) mass is 425 g/mol. The Hall–Kier alpha value is -3.55. The first-order valence-electron chi connectivity index (χ1n) is 10.2. The summed E-state index contributed by atoms with van der Waals surface area (Å²) in [6.07, 6.45) is 2.39. The minimum Gasteiger partial charge on any atom is -0.497 e. The zero-order valence-corrected chi connectivity index (χ0v) is 17.8. The van der Waals surface area contributed by atoms with Gasteiger partial charge in [0.05, 0.1) is 7.11 Å². The third-order valence-electron chi connectivity index (χ3n) is 5.04. The van der Waals surface area contributed by atoms with Crippen LogP contribution in [0.4, 0.5) is 11.4 Å². The van der Waals surface area contributed by atoms with Gasteiger partial charge in [0, 0.05) is 30.0 Å². The highest BCUT2D eigenvalue weighted by Crippen LogP contribution is 2.25. The van der Waals surface area contributed by atoms with Gasteiger partial charge in [0.2, 0.25) is 0 Å². The summed E-state index contributed by atoms with van der Waals surface area (Å²) in [5.74, 6) is -1.04. The average Bonchev–Trinajstić information content (AvgIpc) is 3.32. The van der Waals surface area contributed by atoms with Crippen molar-refractivity contribution in [2.75, 3.05) is 43.6 Å². The number of esters is 1. The molecular weight excluding hydrogens is 398 g/mol. The second-order valence-electron chi connectivity index (χ2n) is 7.32. The molecule has 0 aromatic heterocycles. The van der Waals surface area contributed by atoms with Crippen LogP contribution in [0.15, 0.2) is 42.5 Å². The van der Waals surface area contributed by atoms with Crippen LogP contribution in [-0.4, -0.2) is 51.1 Å². The Balaban J connectivity index is 1.42. The van der Waals surface area contributed by atoms with Crippen molar-refractivity contribution in [3.05, 3.63) is 53.6 Å². The Kier molecular flexibility index (Phi) is 7.48. The van der Waals surface area contributed by atoms with Gasteiger partial charge < -0.3 is 25.0 Å². The first-order chi connectivity index (χ1) is 15.0. The molecule has 1 fully saturated rings. The predicted molar refractivity (Wildman–Crippen MR) is 118 cm³/mol. The molecule has 8 heteroatoms. The number of aryl methyl sites for hydroxylation is 1. The zero-order chi connectivity index (χ0) is 22.2. The van der Waals surface area contributed by atoms with Gasteiger partial charge in [-0.25, -0.2) is 0 Å². The number of carbonyl (C=O) groups excluding carboxylic acids is 3. The number of nitrogens with one attached hydrogen (secondary N) is 2. The molecule has 0 radical (unpaired) electrons. The van der Waals surface area contributed by atoms with Gasteiger partial charge >= 0.3 is 5.97 Å². The van der Waals surface area contributed by atoms with Gasteiger partial charge in [-0.2, -0.15) is 0 Å².